The van der Waals surface area contributed by atoms with E-state index in [-0.39, 0.29) is 35.9 Å². The van der Waals surface area contributed by atoms with Crippen LogP contribution in [0.5, 0.6) is 0 Å². The number of rotatable bonds is 9. The number of amides is 1. The predicted molar refractivity (Wildman–Crippen MR) is 151 cm³/mol. The summed E-state index contributed by atoms with van der Waals surface area (Å²) in [5, 5.41) is 14.7. The Kier molecular flexibility index (Phi) is 8.43. The van der Waals surface area contributed by atoms with Crippen molar-refractivity contribution in [3.8, 4) is 0 Å². The normalized spacial score (nSPS) is 36.9. The summed E-state index contributed by atoms with van der Waals surface area (Å²) in [6.07, 6.45) is 15.9. The predicted octanol–water partition coefficient (Wildman–Crippen LogP) is 5.15. The molecule has 0 aromatic rings. The SMILES string of the molecule is C[C@@]12CCC(=O)C=C1CCC1C2CC[C@]2(C)C1CC[C@@]2(O)C(=O)COC(=O)CCC(=O)NCCC1=CCCCC1. The van der Waals surface area contributed by atoms with Crippen LogP contribution in [0, 0.1) is 28.6 Å². The Bertz CT molecular complexity index is 1110. The quantitative estimate of drug-likeness (QED) is 0.302. The van der Waals surface area contributed by atoms with E-state index in [0.29, 0.717) is 31.2 Å². The molecule has 0 heterocycles. The van der Waals surface area contributed by atoms with Gasteiger partial charge < -0.3 is 15.2 Å². The molecule has 3 unspecified atom stereocenters. The molecule has 3 saturated carbocycles. The van der Waals surface area contributed by atoms with E-state index in [4.69, 9.17) is 4.74 Å². The van der Waals surface area contributed by atoms with Crippen molar-refractivity contribution in [2.75, 3.05) is 13.2 Å². The zero-order chi connectivity index (χ0) is 28.5. The lowest BCUT2D eigenvalue weighted by atomic mass is 9.46. The van der Waals surface area contributed by atoms with Crippen LogP contribution in [0.4, 0.5) is 0 Å². The minimum atomic E-state index is -1.51. The third-order valence-electron chi connectivity index (χ3n) is 11.6. The Labute approximate surface area is 238 Å². The van der Waals surface area contributed by atoms with Gasteiger partial charge >= 0.3 is 5.97 Å². The smallest absolute Gasteiger partial charge is 0.306 e. The first-order valence-electron chi connectivity index (χ1n) is 15.7. The third kappa shape index (κ3) is 5.35. The molecule has 0 saturated heterocycles. The van der Waals surface area contributed by atoms with Gasteiger partial charge in [-0.15, -0.1) is 0 Å². The van der Waals surface area contributed by atoms with Crippen molar-refractivity contribution in [1.82, 2.24) is 5.32 Å². The highest BCUT2D eigenvalue weighted by Gasteiger charge is 2.66. The number of Topliss-reactive ketones (excluding diaryl/α,β-unsaturated/α-hetero) is 1. The molecule has 2 N–H and O–H groups in total. The highest BCUT2D eigenvalue weighted by molar-refractivity contribution is 5.92. The molecule has 5 aliphatic rings. The number of esters is 1. The molecule has 0 aromatic carbocycles. The average molecular weight is 554 g/mol. The van der Waals surface area contributed by atoms with E-state index in [1.165, 1.54) is 24.0 Å². The van der Waals surface area contributed by atoms with Crippen LogP contribution in [0.15, 0.2) is 23.3 Å². The lowest BCUT2D eigenvalue weighted by molar-refractivity contribution is -0.170. The Morgan fingerprint density at radius 1 is 1.00 bits per heavy atom. The molecule has 0 spiro atoms. The van der Waals surface area contributed by atoms with Gasteiger partial charge in [-0.2, -0.15) is 0 Å². The fraction of sp³-hybridized carbons (Fsp3) is 0.758. The van der Waals surface area contributed by atoms with Crippen molar-refractivity contribution >= 4 is 23.4 Å². The number of ether oxygens (including phenoxy) is 1. The van der Waals surface area contributed by atoms with Gasteiger partial charge in [0.2, 0.25) is 11.7 Å². The van der Waals surface area contributed by atoms with Gasteiger partial charge in [-0.05, 0) is 106 Å². The van der Waals surface area contributed by atoms with Crippen LogP contribution in [0.3, 0.4) is 0 Å². The summed E-state index contributed by atoms with van der Waals surface area (Å²) >= 11 is 0. The van der Waals surface area contributed by atoms with Crippen molar-refractivity contribution in [2.45, 2.75) is 116 Å². The molecule has 7 nitrogen and oxygen atoms in total. The zero-order valence-electron chi connectivity index (χ0n) is 24.4. The Morgan fingerprint density at radius 3 is 2.58 bits per heavy atom. The largest absolute Gasteiger partial charge is 0.458 e. The number of hydrogen-bond acceptors (Lipinski definition) is 6. The van der Waals surface area contributed by atoms with Gasteiger partial charge in [-0.1, -0.05) is 31.1 Å². The van der Waals surface area contributed by atoms with Gasteiger partial charge in [0.15, 0.2) is 12.4 Å². The number of ketones is 2. The minimum Gasteiger partial charge on any atom is -0.458 e. The van der Waals surface area contributed by atoms with Crippen LogP contribution >= 0.6 is 0 Å². The van der Waals surface area contributed by atoms with E-state index in [2.05, 4.69) is 25.2 Å². The molecule has 5 aliphatic carbocycles. The molecule has 0 bridgehead atoms. The fourth-order valence-corrected chi connectivity index (χ4v) is 9.17. The summed E-state index contributed by atoms with van der Waals surface area (Å²) in [5.41, 5.74) is 0.683. The Morgan fingerprint density at radius 2 is 1.80 bits per heavy atom. The highest BCUT2D eigenvalue weighted by atomic mass is 16.5. The summed E-state index contributed by atoms with van der Waals surface area (Å²) in [5.74, 6) is 0.181. The van der Waals surface area contributed by atoms with Gasteiger partial charge in [-0.3, -0.25) is 19.2 Å². The molecule has 0 aromatic heterocycles. The van der Waals surface area contributed by atoms with E-state index < -0.39 is 29.4 Å². The molecule has 7 heteroatoms. The number of carbonyl (C=O) groups is 4. The molecule has 40 heavy (non-hydrogen) atoms. The monoisotopic (exact) mass is 553 g/mol. The summed E-state index contributed by atoms with van der Waals surface area (Å²) in [4.78, 5) is 50.0. The lowest BCUT2D eigenvalue weighted by Crippen LogP contribution is -2.58. The van der Waals surface area contributed by atoms with E-state index in [1.807, 2.05) is 6.08 Å². The summed E-state index contributed by atoms with van der Waals surface area (Å²) in [6.45, 7) is 4.51. The third-order valence-corrected chi connectivity index (χ3v) is 11.6. The van der Waals surface area contributed by atoms with Crippen molar-refractivity contribution in [3.63, 3.8) is 0 Å². The molecule has 3 fully saturated rings. The molecule has 220 valence electrons. The number of hydrogen-bond donors (Lipinski definition) is 2. The number of carbonyl (C=O) groups excluding carboxylic acids is 4. The summed E-state index contributed by atoms with van der Waals surface area (Å²) in [6, 6.07) is 0. The lowest BCUT2D eigenvalue weighted by Gasteiger charge is -2.58. The van der Waals surface area contributed by atoms with Crippen LogP contribution in [0.1, 0.15) is 110 Å². The zero-order valence-corrected chi connectivity index (χ0v) is 24.4. The Hall–Kier alpha value is -2.28. The van der Waals surface area contributed by atoms with Gasteiger partial charge in [0.1, 0.15) is 5.60 Å². The molecular weight excluding hydrogens is 506 g/mol. The topological polar surface area (TPSA) is 110 Å². The molecule has 1 amide bonds. The van der Waals surface area contributed by atoms with Crippen LogP contribution in [0.25, 0.3) is 0 Å². The molecular formula is C33H47NO6. The number of allylic oxidation sites excluding steroid dienone is 2. The molecule has 0 aliphatic heterocycles. The van der Waals surface area contributed by atoms with Gasteiger partial charge in [0.25, 0.3) is 0 Å². The van der Waals surface area contributed by atoms with Gasteiger partial charge in [-0.25, -0.2) is 0 Å². The molecule has 5 rings (SSSR count). The fourth-order valence-electron chi connectivity index (χ4n) is 9.17. The van der Waals surface area contributed by atoms with E-state index in [0.717, 1.165) is 57.8 Å². The number of aliphatic hydroxyl groups is 1. The summed E-state index contributed by atoms with van der Waals surface area (Å²) < 4.78 is 5.28. The standard InChI is InChI=1S/C33H47NO6/c1-31-16-12-24(35)20-23(31)8-9-25-26(31)13-17-32(2)27(25)14-18-33(32,39)28(36)21-40-30(38)11-10-29(37)34-19-15-22-6-4-3-5-7-22/h6,20,25-27,39H,3-5,7-19,21H2,1-2H3,(H,34,37)/t25?,26?,27?,31-,32-,33-/m1/s1. The first kappa shape index (κ1) is 29.2. The first-order chi connectivity index (χ1) is 19.1. The van der Waals surface area contributed by atoms with Crippen LogP contribution in [-0.4, -0.2) is 47.3 Å². The minimum absolute atomic E-state index is 0.0278. The maximum Gasteiger partial charge on any atom is 0.306 e. The second kappa shape index (κ2) is 11.5. The van der Waals surface area contributed by atoms with Gasteiger partial charge in [0.05, 0.1) is 6.42 Å². The van der Waals surface area contributed by atoms with Crippen LogP contribution in [-0.2, 0) is 23.9 Å². The van der Waals surface area contributed by atoms with Crippen molar-refractivity contribution in [3.05, 3.63) is 23.3 Å². The molecule has 6 atom stereocenters. The van der Waals surface area contributed by atoms with Crippen molar-refractivity contribution < 1.29 is 29.0 Å². The maximum absolute atomic E-state index is 13.4. The average Bonchev–Trinajstić information content (AvgIpc) is 3.23. The van der Waals surface area contributed by atoms with E-state index in [1.54, 1.807) is 0 Å². The van der Waals surface area contributed by atoms with Crippen LogP contribution < -0.4 is 5.32 Å². The van der Waals surface area contributed by atoms with E-state index in [9.17, 15) is 24.3 Å². The van der Waals surface area contributed by atoms with Crippen molar-refractivity contribution in [2.24, 2.45) is 28.6 Å². The number of nitrogens with one attached hydrogen (secondary N) is 1. The highest BCUT2D eigenvalue weighted by Crippen LogP contribution is 2.67. The van der Waals surface area contributed by atoms with Gasteiger partial charge in [0, 0.05) is 24.8 Å². The molecule has 0 radical (unpaired) electrons. The maximum atomic E-state index is 13.4. The summed E-state index contributed by atoms with van der Waals surface area (Å²) in [7, 11) is 0. The number of fused-ring (bicyclic) bond motifs is 5. The second-order valence-corrected chi connectivity index (χ2v) is 13.6. The van der Waals surface area contributed by atoms with Crippen LogP contribution in [0.2, 0.25) is 0 Å². The van der Waals surface area contributed by atoms with Crippen molar-refractivity contribution in [1.29, 1.82) is 0 Å². The Balaban J connectivity index is 1.11. The second-order valence-electron chi connectivity index (χ2n) is 13.6. The first-order valence-corrected chi connectivity index (χ1v) is 15.7. The van der Waals surface area contributed by atoms with E-state index >= 15 is 0 Å².